The van der Waals surface area contributed by atoms with Gasteiger partial charge in [-0.25, -0.2) is 8.42 Å². The molecular formula is C24H30N6O3S. The molecule has 0 aliphatic carbocycles. The van der Waals surface area contributed by atoms with Crippen LogP contribution in [-0.4, -0.2) is 72.3 Å². The van der Waals surface area contributed by atoms with E-state index in [2.05, 4.69) is 20.3 Å². The molecule has 0 spiro atoms. The summed E-state index contributed by atoms with van der Waals surface area (Å²) in [6.45, 7) is 4.40. The van der Waals surface area contributed by atoms with Crippen molar-refractivity contribution in [3.05, 3.63) is 54.1 Å². The van der Waals surface area contributed by atoms with Gasteiger partial charge in [-0.15, -0.1) is 10.2 Å². The van der Waals surface area contributed by atoms with E-state index < -0.39 is 10.0 Å². The molecule has 3 aromatic rings. The minimum atomic E-state index is -3.45. The highest BCUT2D eigenvalue weighted by Gasteiger charge is 2.28. The van der Waals surface area contributed by atoms with Crippen molar-refractivity contribution in [2.24, 2.45) is 0 Å². The summed E-state index contributed by atoms with van der Waals surface area (Å²) in [5, 5.41) is 12.8. The summed E-state index contributed by atoms with van der Waals surface area (Å²) in [7, 11) is -3.45. The number of morpholine rings is 1. The fraction of sp³-hybridized carbons (Fsp3) is 0.458. The van der Waals surface area contributed by atoms with Crippen LogP contribution in [0, 0.1) is 0 Å². The minimum Gasteiger partial charge on any atom is -0.379 e. The van der Waals surface area contributed by atoms with Gasteiger partial charge in [0, 0.05) is 37.4 Å². The second-order valence-corrected chi connectivity index (χ2v) is 10.6. The maximum Gasteiger partial charge on any atom is 0.243 e. The van der Waals surface area contributed by atoms with Crippen LogP contribution in [0.3, 0.4) is 0 Å². The number of unbranched alkanes of at least 4 members (excludes halogenated alkanes) is 2. The number of nitrogens with zero attached hydrogens (tertiary/aromatic N) is 6. The van der Waals surface area contributed by atoms with E-state index in [1.807, 2.05) is 42.5 Å². The predicted molar refractivity (Wildman–Crippen MR) is 129 cm³/mol. The summed E-state index contributed by atoms with van der Waals surface area (Å²) in [6, 6.07) is 15.5. The molecule has 3 heterocycles. The van der Waals surface area contributed by atoms with E-state index in [0.29, 0.717) is 37.0 Å². The molecule has 1 fully saturated rings. The van der Waals surface area contributed by atoms with Crippen LogP contribution in [0.2, 0.25) is 0 Å². The number of hydrogen-bond acceptors (Lipinski definition) is 7. The zero-order valence-corrected chi connectivity index (χ0v) is 20.0. The molecule has 1 saturated heterocycles. The Morgan fingerprint density at radius 2 is 1.71 bits per heavy atom. The van der Waals surface area contributed by atoms with Gasteiger partial charge < -0.3 is 9.64 Å². The quantitative estimate of drug-likeness (QED) is 0.433. The molecule has 180 valence electrons. The minimum absolute atomic E-state index is 0.394. The lowest BCUT2D eigenvalue weighted by atomic mass is 10.2. The Balaban J connectivity index is 1.10. The zero-order valence-electron chi connectivity index (χ0n) is 19.2. The topological polar surface area (TPSA) is 93.5 Å². The van der Waals surface area contributed by atoms with E-state index in [4.69, 9.17) is 4.74 Å². The second kappa shape index (κ2) is 10.2. The molecule has 10 heteroatoms. The van der Waals surface area contributed by atoms with E-state index in [1.54, 1.807) is 10.9 Å². The molecule has 9 nitrogen and oxygen atoms in total. The monoisotopic (exact) mass is 482 g/mol. The summed E-state index contributed by atoms with van der Waals surface area (Å²) < 4.78 is 32.7. The van der Waals surface area contributed by atoms with Crippen molar-refractivity contribution in [3.8, 4) is 11.4 Å². The van der Waals surface area contributed by atoms with Crippen molar-refractivity contribution in [3.63, 3.8) is 0 Å². The number of ether oxygens (including phenoxy) is 1. The van der Waals surface area contributed by atoms with E-state index in [9.17, 15) is 8.42 Å². The molecule has 1 aromatic heterocycles. The third-order valence-electron chi connectivity index (χ3n) is 6.42. The number of anilines is 1. The Morgan fingerprint density at radius 3 is 2.53 bits per heavy atom. The van der Waals surface area contributed by atoms with Crippen LogP contribution in [0.15, 0.2) is 53.4 Å². The van der Waals surface area contributed by atoms with Gasteiger partial charge in [-0.3, -0.25) is 0 Å². The summed E-state index contributed by atoms with van der Waals surface area (Å²) in [5.74, 6) is 0.657. The van der Waals surface area contributed by atoms with Crippen LogP contribution in [0.5, 0.6) is 0 Å². The number of aryl methyl sites for hydroxylation is 1. The van der Waals surface area contributed by atoms with Crippen LogP contribution in [0.1, 0.15) is 24.8 Å². The van der Waals surface area contributed by atoms with E-state index >= 15 is 0 Å². The summed E-state index contributed by atoms with van der Waals surface area (Å²) in [4.78, 5) is 4.43. The lowest BCUT2D eigenvalue weighted by molar-refractivity contribution is 0.0730. The van der Waals surface area contributed by atoms with Crippen molar-refractivity contribution < 1.29 is 13.2 Å². The fourth-order valence-corrected chi connectivity index (χ4v) is 6.01. The maximum atomic E-state index is 13.0. The Labute approximate surface area is 200 Å². The number of fused-ring (bicyclic) bond motifs is 1. The van der Waals surface area contributed by atoms with Crippen molar-refractivity contribution >= 4 is 15.7 Å². The predicted octanol–water partition coefficient (Wildman–Crippen LogP) is 2.59. The Bertz CT molecular complexity index is 1210. The molecular weight excluding hydrogens is 452 g/mol. The molecule has 0 atom stereocenters. The van der Waals surface area contributed by atoms with Gasteiger partial charge in [0.1, 0.15) is 0 Å². The molecule has 0 bridgehead atoms. The maximum absolute atomic E-state index is 13.0. The Hall–Kier alpha value is -2.82. The summed E-state index contributed by atoms with van der Waals surface area (Å²) in [5.41, 5.74) is 3.25. The highest BCUT2D eigenvalue weighted by molar-refractivity contribution is 7.89. The highest BCUT2D eigenvalue weighted by atomic mass is 32.2. The average Bonchev–Trinajstić information content (AvgIpc) is 3.52. The van der Waals surface area contributed by atoms with Gasteiger partial charge in [0.15, 0.2) is 0 Å². The van der Waals surface area contributed by atoms with Crippen molar-refractivity contribution in [2.45, 2.75) is 37.1 Å². The largest absolute Gasteiger partial charge is 0.379 e. The smallest absolute Gasteiger partial charge is 0.243 e. The Kier molecular flexibility index (Phi) is 6.89. The normalized spacial score (nSPS) is 16.6. The van der Waals surface area contributed by atoms with Crippen LogP contribution >= 0.6 is 0 Å². The zero-order chi connectivity index (χ0) is 23.4. The van der Waals surface area contributed by atoms with Gasteiger partial charge in [0.25, 0.3) is 0 Å². The number of aromatic nitrogens is 4. The van der Waals surface area contributed by atoms with E-state index in [1.165, 1.54) is 4.31 Å². The molecule has 34 heavy (non-hydrogen) atoms. The molecule has 2 aromatic carbocycles. The number of hydrogen-bond donors (Lipinski definition) is 0. The number of tetrazole rings is 1. The van der Waals surface area contributed by atoms with Gasteiger partial charge >= 0.3 is 0 Å². The molecule has 2 aliphatic rings. The molecule has 0 radical (unpaired) electrons. The molecule has 2 aliphatic heterocycles. The fourth-order valence-electron chi connectivity index (χ4n) is 4.55. The van der Waals surface area contributed by atoms with Gasteiger partial charge in [-0.1, -0.05) is 30.3 Å². The van der Waals surface area contributed by atoms with Gasteiger partial charge in [-0.05, 0) is 54.7 Å². The number of benzene rings is 2. The van der Waals surface area contributed by atoms with E-state index in [-0.39, 0.29) is 0 Å². The Morgan fingerprint density at radius 1 is 0.912 bits per heavy atom. The van der Waals surface area contributed by atoms with E-state index in [0.717, 1.165) is 62.1 Å². The first-order valence-electron chi connectivity index (χ1n) is 11.9. The van der Waals surface area contributed by atoms with Gasteiger partial charge in [-0.2, -0.15) is 9.10 Å². The summed E-state index contributed by atoms with van der Waals surface area (Å²) >= 11 is 0. The van der Waals surface area contributed by atoms with Crippen LogP contribution in [0.4, 0.5) is 5.69 Å². The third-order valence-corrected chi connectivity index (χ3v) is 8.32. The van der Waals surface area contributed by atoms with Crippen LogP contribution in [0.25, 0.3) is 11.4 Å². The first-order chi connectivity index (χ1) is 16.6. The molecule has 5 rings (SSSR count). The van der Waals surface area contributed by atoms with Crippen molar-refractivity contribution in [1.82, 2.24) is 24.5 Å². The van der Waals surface area contributed by atoms with Crippen molar-refractivity contribution in [1.29, 1.82) is 0 Å². The van der Waals surface area contributed by atoms with Crippen LogP contribution in [-0.2, 0) is 27.7 Å². The SMILES string of the molecule is O=S(=O)(c1ccc2c(c1)CCN2CCCCCn1nnc(-c2ccccc2)n1)N1CCOCC1. The van der Waals surface area contributed by atoms with Gasteiger partial charge in [0.2, 0.25) is 15.8 Å². The first kappa shape index (κ1) is 22.9. The number of sulfonamides is 1. The molecule has 0 saturated carbocycles. The average molecular weight is 483 g/mol. The van der Waals surface area contributed by atoms with Crippen LogP contribution < -0.4 is 4.90 Å². The van der Waals surface area contributed by atoms with Gasteiger partial charge in [0.05, 0.1) is 24.7 Å². The second-order valence-electron chi connectivity index (χ2n) is 8.68. The highest BCUT2D eigenvalue weighted by Crippen LogP contribution is 2.31. The molecule has 0 unspecified atom stereocenters. The summed E-state index contributed by atoms with van der Waals surface area (Å²) in [6.07, 6.45) is 4.00. The molecule has 0 N–H and O–H groups in total. The lowest BCUT2D eigenvalue weighted by Gasteiger charge is -2.26. The first-order valence-corrected chi connectivity index (χ1v) is 13.3. The standard InChI is InChI=1S/C24H30N6O3S/c31-34(32,29-15-17-33-18-16-29)22-9-10-23-21(19-22)11-14-28(23)12-5-2-6-13-30-26-24(25-27-30)20-7-3-1-4-8-20/h1,3-4,7-10,19H,2,5-6,11-18H2. The molecule has 0 amide bonds. The third kappa shape index (κ3) is 4.98. The van der Waals surface area contributed by atoms with Crippen molar-refractivity contribution in [2.75, 3.05) is 44.3 Å². The number of rotatable bonds is 9. The lowest BCUT2D eigenvalue weighted by Crippen LogP contribution is -2.40.